The lowest BCUT2D eigenvalue weighted by molar-refractivity contribution is 0.562. The fourth-order valence-corrected chi connectivity index (χ4v) is 2.64. The third-order valence-corrected chi connectivity index (χ3v) is 3.87. The number of sulfonamides is 1. The second-order valence-electron chi connectivity index (χ2n) is 3.67. The maximum Gasteiger partial charge on any atom is 0.258 e. The fourth-order valence-electron chi connectivity index (χ4n) is 1.50. The minimum Gasteiger partial charge on any atom is -0.266 e. The molecule has 90 valence electrons. The fraction of sp³-hybridized carbons (Fsp3) is 0.182. The van der Waals surface area contributed by atoms with Crippen molar-refractivity contribution < 1.29 is 8.42 Å². The van der Waals surface area contributed by atoms with Crippen molar-refractivity contribution in [3.63, 3.8) is 0 Å². The average molecular weight is 251 g/mol. The predicted octanol–water partition coefficient (Wildman–Crippen LogP) is 1.45. The van der Waals surface area contributed by atoms with Crippen molar-refractivity contribution in [2.45, 2.75) is 18.0 Å². The molecule has 2 aromatic rings. The molecule has 0 aliphatic heterocycles. The van der Waals surface area contributed by atoms with Crippen LogP contribution in [0.2, 0.25) is 0 Å². The number of nitrogens with zero attached hydrogens (tertiary/aromatic N) is 1. The van der Waals surface area contributed by atoms with Gasteiger partial charge in [-0.3, -0.25) is 5.10 Å². The molecule has 0 radical (unpaired) electrons. The lowest BCUT2D eigenvalue weighted by Crippen LogP contribution is -2.27. The Labute approximate surface area is 99.9 Å². The Hall–Kier alpha value is -1.66. The maximum absolute atomic E-state index is 11.9. The van der Waals surface area contributed by atoms with Gasteiger partial charge in [0.15, 0.2) is 5.03 Å². The van der Waals surface area contributed by atoms with E-state index in [0.29, 0.717) is 0 Å². The Morgan fingerprint density at radius 3 is 2.53 bits per heavy atom. The Morgan fingerprint density at radius 2 is 1.94 bits per heavy atom. The second-order valence-corrected chi connectivity index (χ2v) is 5.36. The summed E-state index contributed by atoms with van der Waals surface area (Å²) >= 11 is 0. The van der Waals surface area contributed by atoms with E-state index in [4.69, 9.17) is 0 Å². The van der Waals surface area contributed by atoms with Crippen molar-refractivity contribution in [2.75, 3.05) is 0 Å². The quantitative estimate of drug-likeness (QED) is 0.863. The molecule has 1 heterocycles. The number of nitrogens with one attached hydrogen (secondary N) is 2. The van der Waals surface area contributed by atoms with Crippen molar-refractivity contribution in [3.05, 3.63) is 48.2 Å². The number of aromatic amines is 1. The molecular formula is C11H13N3O2S. The Morgan fingerprint density at radius 1 is 1.24 bits per heavy atom. The molecule has 2 N–H and O–H groups in total. The summed E-state index contributed by atoms with van der Waals surface area (Å²) in [4.78, 5) is 0. The van der Waals surface area contributed by atoms with Crippen LogP contribution in [0, 0.1) is 0 Å². The summed E-state index contributed by atoms with van der Waals surface area (Å²) in [5.74, 6) is 0. The monoisotopic (exact) mass is 251 g/mol. The van der Waals surface area contributed by atoms with E-state index in [0.717, 1.165) is 5.56 Å². The first-order chi connectivity index (χ1) is 8.09. The standard InChI is InChI=1S/C11H13N3O2S/c1-9(10-5-3-2-4-6-10)14-17(15,16)11-7-8-12-13-11/h2-9,14H,1H3,(H,12,13)/t9-/m0/s1. The summed E-state index contributed by atoms with van der Waals surface area (Å²) < 4.78 is 26.4. The summed E-state index contributed by atoms with van der Waals surface area (Å²) in [6.07, 6.45) is 1.40. The molecular weight excluding hydrogens is 238 g/mol. The van der Waals surface area contributed by atoms with Gasteiger partial charge >= 0.3 is 0 Å². The van der Waals surface area contributed by atoms with Gasteiger partial charge in [-0.05, 0) is 18.6 Å². The first-order valence-corrected chi connectivity index (χ1v) is 6.64. The van der Waals surface area contributed by atoms with Crippen LogP contribution in [0.4, 0.5) is 0 Å². The highest BCUT2D eigenvalue weighted by atomic mass is 32.2. The van der Waals surface area contributed by atoms with Gasteiger partial charge in [-0.1, -0.05) is 30.3 Å². The lowest BCUT2D eigenvalue weighted by Gasteiger charge is -2.13. The van der Waals surface area contributed by atoms with E-state index >= 15 is 0 Å². The van der Waals surface area contributed by atoms with Crippen molar-refractivity contribution in [1.82, 2.24) is 14.9 Å². The topological polar surface area (TPSA) is 74.8 Å². The third-order valence-electron chi connectivity index (χ3n) is 2.40. The Balaban J connectivity index is 2.17. The molecule has 0 fully saturated rings. The number of hydrogen-bond acceptors (Lipinski definition) is 3. The van der Waals surface area contributed by atoms with Gasteiger partial charge in [-0.2, -0.15) is 5.10 Å². The van der Waals surface area contributed by atoms with Gasteiger partial charge in [0.2, 0.25) is 0 Å². The van der Waals surface area contributed by atoms with Crippen LogP contribution in [0.3, 0.4) is 0 Å². The Kier molecular flexibility index (Phi) is 3.26. The van der Waals surface area contributed by atoms with Gasteiger partial charge in [-0.15, -0.1) is 0 Å². The van der Waals surface area contributed by atoms with E-state index in [9.17, 15) is 8.42 Å². The zero-order valence-electron chi connectivity index (χ0n) is 9.29. The van der Waals surface area contributed by atoms with E-state index < -0.39 is 10.0 Å². The largest absolute Gasteiger partial charge is 0.266 e. The van der Waals surface area contributed by atoms with E-state index in [-0.39, 0.29) is 11.1 Å². The molecule has 17 heavy (non-hydrogen) atoms. The molecule has 5 nitrogen and oxygen atoms in total. The number of aromatic nitrogens is 2. The van der Waals surface area contributed by atoms with Gasteiger partial charge in [-0.25, -0.2) is 13.1 Å². The van der Waals surface area contributed by atoms with Crippen LogP contribution >= 0.6 is 0 Å². The minimum atomic E-state index is -3.53. The third kappa shape index (κ3) is 2.72. The molecule has 2 rings (SSSR count). The Bertz CT molecular complexity index is 564. The van der Waals surface area contributed by atoms with Gasteiger partial charge in [0.1, 0.15) is 0 Å². The van der Waals surface area contributed by atoms with Crippen LogP contribution in [0.15, 0.2) is 47.6 Å². The summed E-state index contributed by atoms with van der Waals surface area (Å²) in [5, 5.41) is 6.13. The summed E-state index contributed by atoms with van der Waals surface area (Å²) in [7, 11) is -3.53. The van der Waals surface area contributed by atoms with Gasteiger partial charge in [0.25, 0.3) is 10.0 Å². The van der Waals surface area contributed by atoms with E-state index in [1.165, 1.54) is 12.3 Å². The van der Waals surface area contributed by atoms with Crippen molar-refractivity contribution in [2.24, 2.45) is 0 Å². The highest BCUT2D eigenvalue weighted by Crippen LogP contribution is 2.14. The van der Waals surface area contributed by atoms with Gasteiger partial charge in [0, 0.05) is 6.04 Å². The second kappa shape index (κ2) is 4.68. The number of rotatable bonds is 4. The number of benzene rings is 1. The van der Waals surface area contributed by atoms with Crippen LogP contribution in [0.25, 0.3) is 0 Å². The van der Waals surface area contributed by atoms with Gasteiger partial charge < -0.3 is 0 Å². The van der Waals surface area contributed by atoms with E-state index in [2.05, 4.69) is 14.9 Å². The molecule has 6 heteroatoms. The number of hydrogen-bond donors (Lipinski definition) is 2. The molecule has 1 aromatic carbocycles. The summed E-state index contributed by atoms with van der Waals surface area (Å²) in [6, 6.07) is 10.5. The average Bonchev–Trinajstić information content (AvgIpc) is 2.84. The molecule has 0 saturated carbocycles. The minimum absolute atomic E-state index is 0.0697. The SMILES string of the molecule is C[C@H](NS(=O)(=O)c1ccn[nH]1)c1ccccc1. The molecule has 0 bridgehead atoms. The molecule has 0 amide bonds. The zero-order chi connectivity index (χ0) is 12.3. The summed E-state index contributed by atoms with van der Waals surface area (Å²) in [6.45, 7) is 1.79. The predicted molar refractivity (Wildman–Crippen MR) is 63.8 cm³/mol. The van der Waals surface area contributed by atoms with Crippen LogP contribution in [0.5, 0.6) is 0 Å². The smallest absolute Gasteiger partial charge is 0.258 e. The number of H-pyrrole nitrogens is 1. The molecule has 0 unspecified atom stereocenters. The first kappa shape index (κ1) is 11.8. The molecule has 0 aliphatic carbocycles. The van der Waals surface area contributed by atoms with Gasteiger partial charge in [0.05, 0.1) is 6.20 Å². The molecule has 0 aliphatic rings. The van der Waals surface area contributed by atoms with Crippen LogP contribution in [-0.4, -0.2) is 18.6 Å². The van der Waals surface area contributed by atoms with Crippen LogP contribution in [0.1, 0.15) is 18.5 Å². The molecule has 0 spiro atoms. The van der Waals surface area contributed by atoms with Crippen LogP contribution in [-0.2, 0) is 10.0 Å². The van der Waals surface area contributed by atoms with Crippen molar-refractivity contribution in [1.29, 1.82) is 0 Å². The van der Waals surface area contributed by atoms with Crippen molar-refractivity contribution in [3.8, 4) is 0 Å². The molecule has 1 aromatic heterocycles. The first-order valence-electron chi connectivity index (χ1n) is 5.16. The van der Waals surface area contributed by atoms with Crippen LogP contribution < -0.4 is 4.72 Å². The highest BCUT2D eigenvalue weighted by Gasteiger charge is 2.19. The van der Waals surface area contributed by atoms with Crippen molar-refractivity contribution >= 4 is 10.0 Å². The van der Waals surface area contributed by atoms with E-state index in [1.54, 1.807) is 6.92 Å². The maximum atomic E-state index is 11.9. The highest BCUT2D eigenvalue weighted by molar-refractivity contribution is 7.89. The summed E-state index contributed by atoms with van der Waals surface area (Å²) in [5.41, 5.74) is 0.913. The molecule has 0 saturated heterocycles. The van der Waals surface area contributed by atoms with E-state index in [1.807, 2.05) is 30.3 Å². The normalized spacial score (nSPS) is 13.5. The zero-order valence-corrected chi connectivity index (χ0v) is 10.1. The molecule has 1 atom stereocenters. The lowest BCUT2D eigenvalue weighted by atomic mass is 10.1.